The molecule has 4 rings (SSSR count). The van der Waals surface area contributed by atoms with E-state index in [0.29, 0.717) is 25.2 Å². The number of piperidine rings is 1. The molecule has 0 bridgehead atoms. The number of likely N-dealkylation sites (tertiary alicyclic amines) is 2. The van der Waals surface area contributed by atoms with E-state index in [1.165, 1.54) is 12.1 Å². The zero-order valence-electron chi connectivity index (χ0n) is 24.0. The molecule has 3 unspecified atom stereocenters. The second-order valence-corrected chi connectivity index (χ2v) is 11.6. The molecule has 2 aromatic carbocycles. The van der Waals surface area contributed by atoms with Crippen molar-refractivity contribution in [2.75, 3.05) is 39.3 Å². The molecule has 2 saturated heterocycles. The number of nitrogens with zero attached hydrogens (tertiary/aromatic N) is 3. The van der Waals surface area contributed by atoms with Gasteiger partial charge < -0.3 is 20.2 Å². The first-order chi connectivity index (χ1) is 19.6. The fourth-order valence-electron chi connectivity index (χ4n) is 6.54. The van der Waals surface area contributed by atoms with Crippen LogP contribution >= 0.6 is 0 Å². The Balaban J connectivity index is 1.36. The minimum Gasteiger partial charge on any atom is -0.480 e. The van der Waals surface area contributed by atoms with Crippen LogP contribution in [0.4, 0.5) is 18.0 Å². The maximum absolute atomic E-state index is 14.1. The van der Waals surface area contributed by atoms with Crippen molar-refractivity contribution >= 4 is 12.0 Å². The van der Waals surface area contributed by atoms with Crippen LogP contribution in [0.5, 0.6) is 0 Å². The van der Waals surface area contributed by atoms with Gasteiger partial charge in [-0.3, -0.25) is 9.69 Å². The summed E-state index contributed by atoms with van der Waals surface area (Å²) in [5.41, 5.74) is 1.39. The van der Waals surface area contributed by atoms with E-state index in [4.69, 9.17) is 0 Å². The van der Waals surface area contributed by atoms with Crippen LogP contribution in [0.1, 0.15) is 50.7 Å². The number of nitrogens with one attached hydrogen (secondary N) is 1. The Morgan fingerprint density at radius 3 is 2.39 bits per heavy atom. The first-order valence-electron chi connectivity index (χ1n) is 14.5. The van der Waals surface area contributed by atoms with Gasteiger partial charge in [0.05, 0.1) is 0 Å². The van der Waals surface area contributed by atoms with Crippen molar-refractivity contribution in [3.05, 3.63) is 71.0 Å². The summed E-state index contributed by atoms with van der Waals surface area (Å²) in [6.45, 7) is 9.94. The van der Waals surface area contributed by atoms with Crippen LogP contribution in [0.2, 0.25) is 0 Å². The van der Waals surface area contributed by atoms with E-state index < -0.39 is 23.6 Å². The minimum atomic E-state index is -0.941. The highest BCUT2D eigenvalue weighted by Gasteiger charge is 2.41. The average Bonchev–Trinajstić information content (AvgIpc) is 3.33. The summed E-state index contributed by atoms with van der Waals surface area (Å²) in [7, 11) is 0. The Labute approximate surface area is 240 Å². The van der Waals surface area contributed by atoms with Crippen molar-refractivity contribution in [2.45, 2.75) is 58.2 Å². The zero-order valence-corrected chi connectivity index (χ0v) is 24.0. The third-order valence-electron chi connectivity index (χ3n) is 8.54. The van der Waals surface area contributed by atoms with Crippen LogP contribution in [0.25, 0.3) is 0 Å². The number of hydrogen-bond donors (Lipinski definition) is 2. The predicted octanol–water partition coefficient (Wildman–Crippen LogP) is 4.92. The maximum Gasteiger partial charge on any atom is 0.321 e. The molecule has 2 fully saturated rings. The quantitative estimate of drug-likeness (QED) is 0.421. The molecule has 2 N–H and O–H groups in total. The van der Waals surface area contributed by atoms with E-state index in [-0.39, 0.29) is 42.2 Å². The van der Waals surface area contributed by atoms with Crippen molar-refractivity contribution in [2.24, 2.45) is 11.8 Å². The summed E-state index contributed by atoms with van der Waals surface area (Å²) in [6.07, 6.45) is 1.58. The van der Waals surface area contributed by atoms with Gasteiger partial charge in [-0.25, -0.2) is 18.0 Å². The fraction of sp³-hybridized carbons (Fsp3) is 0.548. The summed E-state index contributed by atoms with van der Waals surface area (Å²) < 4.78 is 40.9. The van der Waals surface area contributed by atoms with E-state index in [1.54, 1.807) is 17.0 Å². The topological polar surface area (TPSA) is 76.1 Å². The van der Waals surface area contributed by atoms with Crippen molar-refractivity contribution < 1.29 is 27.9 Å². The van der Waals surface area contributed by atoms with Gasteiger partial charge in [0.2, 0.25) is 0 Å². The van der Waals surface area contributed by atoms with E-state index in [0.717, 1.165) is 50.2 Å². The molecule has 2 aromatic rings. The third-order valence-corrected chi connectivity index (χ3v) is 8.54. The van der Waals surface area contributed by atoms with Crippen molar-refractivity contribution in [3.63, 3.8) is 0 Å². The van der Waals surface area contributed by atoms with Crippen LogP contribution in [0.3, 0.4) is 0 Å². The van der Waals surface area contributed by atoms with E-state index >= 15 is 0 Å². The molecule has 7 nitrogen and oxygen atoms in total. The molecule has 3 atom stereocenters. The smallest absolute Gasteiger partial charge is 0.321 e. The summed E-state index contributed by atoms with van der Waals surface area (Å²) in [4.78, 5) is 31.2. The number of amides is 2. The second kappa shape index (κ2) is 13.7. The van der Waals surface area contributed by atoms with Crippen LogP contribution in [0, 0.1) is 29.3 Å². The lowest BCUT2D eigenvalue weighted by Gasteiger charge is -2.39. The number of halogens is 3. The van der Waals surface area contributed by atoms with Gasteiger partial charge in [0, 0.05) is 57.8 Å². The molecule has 2 aliphatic rings. The SMILES string of the molecule is CCN(C(=O)NCc1ccc(F)c(F)c1)C1CCN(CC2CN(C(C(=O)O)C(C)C)CC2c2cccc(F)c2)CC1. The van der Waals surface area contributed by atoms with Gasteiger partial charge in [-0.1, -0.05) is 32.0 Å². The Bertz CT molecular complexity index is 1200. The fourth-order valence-corrected chi connectivity index (χ4v) is 6.54. The van der Waals surface area contributed by atoms with Gasteiger partial charge in [-0.05, 0) is 67.0 Å². The molecule has 2 aliphatic heterocycles. The van der Waals surface area contributed by atoms with Gasteiger partial charge in [0.25, 0.3) is 0 Å². The number of hydrogen-bond acceptors (Lipinski definition) is 4. The van der Waals surface area contributed by atoms with E-state index in [9.17, 15) is 27.9 Å². The van der Waals surface area contributed by atoms with Crippen LogP contribution in [0.15, 0.2) is 42.5 Å². The molecule has 10 heteroatoms. The first kappa shape index (κ1) is 30.8. The van der Waals surface area contributed by atoms with Crippen molar-refractivity contribution in [3.8, 4) is 0 Å². The Morgan fingerprint density at radius 2 is 1.78 bits per heavy atom. The predicted molar refractivity (Wildman–Crippen MR) is 151 cm³/mol. The lowest BCUT2D eigenvalue weighted by Crippen LogP contribution is -2.51. The number of carbonyl (C=O) groups excluding carboxylic acids is 1. The number of carboxylic acid groups (broad SMARTS) is 1. The Hall–Kier alpha value is -3.11. The molecule has 0 spiro atoms. The molecule has 2 amide bonds. The summed E-state index contributed by atoms with van der Waals surface area (Å²) in [5.74, 6) is -2.86. The monoisotopic (exact) mass is 574 g/mol. The number of rotatable bonds is 10. The molecule has 2 heterocycles. The third kappa shape index (κ3) is 7.60. The summed E-state index contributed by atoms with van der Waals surface area (Å²) in [5, 5.41) is 12.7. The largest absolute Gasteiger partial charge is 0.480 e. The highest BCUT2D eigenvalue weighted by Crippen LogP contribution is 2.36. The molecule has 0 aliphatic carbocycles. The van der Waals surface area contributed by atoms with Gasteiger partial charge in [-0.15, -0.1) is 0 Å². The summed E-state index contributed by atoms with van der Waals surface area (Å²) in [6, 6.07) is 9.46. The minimum absolute atomic E-state index is 0.0261. The summed E-state index contributed by atoms with van der Waals surface area (Å²) >= 11 is 0. The molecular formula is C31H41F3N4O3. The maximum atomic E-state index is 14.1. The highest BCUT2D eigenvalue weighted by molar-refractivity contribution is 5.74. The highest BCUT2D eigenvalue weighted by atomic mass is 19.2. The molecule has 224 valence electrons. The number of urea groups is 1. The van der Waals surface area contributed by atoms with Crippen LogP contribution in [-0.2, 0) is 11.3 Å². The van der Waals surface area contributed by atoms with Crippen molar-refractivity contribution in [1.82, 2.24) is 20.0 Å². The van der Waals surface area contributed by atoms with Gasteiger partial charge >= 0.3 is 12.0 Å². The Kier molecular flexibility index (Phi) is 10.3. The zero-order chi connectivity index (χ0) is 29.7. The molecule has 0 saturated carbocycles. The van der Waals surface area contributed by atoms with Gasteiger partial charge in [-0.2, -0.15) is 0 Å². The first-order valence-corrected chi connectivity index (χ1v) is 14.5. The second-order valence-electron chi connectivity index (χ2n) is 11.6. The van der Waals surface area contributed by atoms with E-state index in [2.05, 4.69) is 10.2 Å². The normalized spacial score (nSPS) is 21.2. The standard InChI is InChI=1S/C31H41F3N4O3/c1-4-38(31(41)35-16-21-8-9-27(33)28(34)14-21)25-10-12-36(13-11-25)17-23-18-37(29(20(2)3)30(39)40)19-26(23)22-6-5-7-24(32)15-22/h5-9,14-15,20,23,25-26,29H,4,10-13,16-19H2,1-3H3,(H,35,41)(H,39,40). The van der Waals surface area contributed by atoms with Gasteiger partial charge in [0.15, 0.2) is 11.6 Å². The Morgan fingerprint density at radius 1 is 1.05 bits per heavy atom. The van der Waals surface area contributed by atoms with Crippen molar-refractivity contribution in [1.29, 1.82) is 0 Å². The molecule has 0 aromatic heterocycles. The number of benzene rings is 2. The van der Waals surface area contributed by atoms with Crippen LogP contribution in [-0.4, -0.2) is 83.2 Å². The van der Waals surface area contributed by atoms with Gasteiger partial charge in [0.1, 0.15) is 11.9 Å². The average molecular weight is 575 g/mol. The van der Waals surface area contributed by atoms with E-state index in [1.807, 2.05) is 31.7 Å². The molecule has 41 heavy (non-hydrogen) atoms. The lowest BCUT2D eigenvalue weighted by atomic mass is 9.88. The number of carboxylic acids is 1. The molecular weight excluding hydrogens is 533 g/mol. The number of aliphatic carboxylic acids is 1. The number of carbonyl (C=O) groups is 2. The lowest BCUT2D eigenvalue weighted by molar-refractivity contribution is -0.144. The van der Waals surface area contributed by atoms with Crippen LogP contribution < -0.4 is 5.32 Å². The molecule has 0 radical (unpaired) electrons.